The molecule has 1 saturated carbocycles. The molecule has 0 aromatic carbocycles. The molecular formula is C13H16. The van der Waals surface area contributed by atoms with Gasteiger partial charge in [-0.1, -0.05) is 42.4 Å². The smallest absolute Gasteiger partial charge is 0.0103 e. The molecule has 1 spiro atoms. The van der Waals surface area contributed by atoms with Crippen LogP contribution in [0.25, 0.3) is 0 Å². The number of hydrogen-bond acceptors (Lipinski definition) is 0. The van der Waals surface area contributed by atoms with Gasteiger partial charge in [0.2, 0.25) is 0 Å². The van der Waals surface area contributed by atoms with Gasteiger partial charge in [0.05, 0.1) is 0 Å². The molecular weight excluding hydrogens is 156 g/mol. The molecule has 0 heteroatoms. The highest BCUT2D eigenvalue weighted by atomic mass is 14.4. The zero-order valence-corrected chi connectivity index (χ0v) is 8.00. The highest BCUT2D eigenvalue weighted by Crippen LogP contribution is 2.52. The van der Waals surface area contributed by atoms with Crippen LogP contribution in [0.2, 0.25) is 0 Å². The third-order valence-corrected chi connectivity index (χ3v) is 3.86. The normalized spacial score (nSPS) is 41.2. The fourth-order valence-corrected chi connectivity index (χ4v) is 3.21. The van der Waals surface area contributed by atoms with Gasteiger partial charge in [0.25, 0.3) is 0 Å². The zero-order chi connectivity index (χ0) is 8.73. The lowest BCUT2D eigenvalue weighted by Gasteiger charge is -2.33. The largest absolute Gasteiger partial charge is 0.0776 e. The Kier molecular flexibility index (Phi) is 1.52. The molecule has 3 aliphatic rings. The first-order chi connectivity index (χ1) is 6.39. The summed E-state index contributed by atoms with van der Waals surface area (Å²) in [7, 11) is 0. The van der Waals surface area contributed by atoms with Crippen molar-refractivity contribution < 1.29 is 0 Å². The average Bonchev–Trinajstić information content (AvgIpc) is 2.37. The minimum atomic E-state index is 0.492. The van der Waals surface area contributed by atoms with Crippen molar-refractivity contribution in [1.82, 2.24) is 0 Å². The molecule has 3 rings (SSSR count). The summed E-state index contributed by atoms with van der Waals surface area (Å²) in [5, 5.41) is 0. The maximum atomic E-state index is 2.53. The summed E-state index contributed by atoms with van der Waals surface area (Å²) < 4.78 is 0. The number of rotatable bonds is 0. The predicted molar refractivity (Wildman–Crippen MR) is 55.4 cm³/mol. The third-order valence-electron chi connectivity index (χ3n) is 3.86. The van der Waals surface area contributed by atoms with Gasteiger partial charge in [0.15, 0.2) is 0 Å². The zero-order valence-electron chi connectivity index (χ0n) is 8.00. The van der Waals surface area contributed by atoms with E-state index < -0.39 is 0 Å². The van der Waals surface area contributed by atoms with E-state index in [1.54, 1.807) is 5.57 Å². The minimum absolute atomic E-state index is 0.492. The average molecular weight is 172 g/mol. The highest BCUT2D eigenvalue weighted by molar-refractivity contribution is 5.36. The molecule has 68 valence electrons. The Morgan fingerprint density at radius 2 is 2.23 bits per heavy atom. The monoisotopic (exact) mass is 172 g/mol. The van der Waals surface area contributed by atoms with Crippen molar-refractivity contribution in [3.63, 3.8) is 0 Å². The van der Waals surface area contributed by atoms with Gasteiger partial charge < -0.3 is 0 Å². The van der Waals surface area contributed by atoms with Crippen LogP contribution in [-0.2, 0) is 0 Å². The van der Waals surface area contributed by atoms with Gasteiger partial charge in [0, 0.05) is 5.41 Å². The quantitative estimate of drug-likeness (QED) is 0.489. The van der Waals surface area contributed by atoms with Crippen LogP contribution in [0.4, 0.5) is 0 Å². The molecule has 0 aliphatic heterocycles. The van der Waals surface area contributed by atoms with Crippen LogP contribution in [0.3, 0.4) is 0 Å². The van der Waals surface area contributed by atoms with E-state index in [2.05, 4.69) is 30.4 Å². The Labute approximate surface area is 80.0 Å². The lowest BCUT2D eigenvalue weighted by Crippen LogP contribution is -2.21. The van der Waals surface area contributed by atoms with E-state index in [-0.39, 0.29) is 0 Å². The lowest BCUT2D eigenvalue weighted by molar-refractivity contribution is 0.338. The van der Waals surface area contributed by atoms with Gasteiger partial charge in [0.1, 0.15) is 0 Å². The van der Waals surface area contributed by atoms with Crippen molar-refractivity contribution in [3.05, 3.63) is 36.0 Å². The van der Waals surface area contributed by atoms with Gasteiger partial charge in [-0.3, -0.25) is 0 Å². The molecule has 0 aromatic heterocycles. The predicted octanol–water partition coefficient (Wildman–Crippen LogP) is 3.62. The van der Waals surface area contributed by atoms with Crippen molar-refractivity contribution in [3.8, 4) is 0 Å². The summed E-state index contributed by atoms with van der Waals surface area (Å²) in [4.78, 5) is 0. The first-order valence-corrected chi connectivity index (χ1v) is 5.46. The van der Waals surface area contributed by atoms with Crippen LogP contribution in [-0.4, -0.2) is 0 Å². The van der Waals surface area contributed by atoms with Gasteiger partial charge in [-0.15, -0.1) is 0 Å². The Morgan fingerprint density at radius 3 is 3.23 bits per heavy atom. The summed E-state index contributed by atoms with van der Waals surface area (Å²) in [6, 6.07) is 0. The van der Waals surface area contributed by atoms with Crippen LogP contribution in [0.5, 0.6) is 0 Å². The Hall–Kier alpha value is -0.780. The fourth-order valence-electron chi connectivity index (χ4n) is 3.21. The molecule has 13 heavy (non-hydrogen) atoms. The van der Waals surface area contributed by atoms with E-state index in [9.17, 15) is 0 Å². The molecule has 0 N–H and O–H groups in total. The summed E-state index contributed by atoms with van der Waals surface area (Å²) >= 11 is 0. The van der Waals surface area contributed by atoms with Crippen molar-refractivity contribution >= 4 is 0 Å². The second-order valence-corrected chi connectivity index (χ2v) is 4.67. The van der Waals surface area contributed by atoms with Crippen molar-refractivity contribution in [2.75, 3.05) is 0 Å². The SMILES string of the molecule is C1=C[C@H]2C=C3CCCC[C@]3(C=C1)C2. The summed E-state index contributed by atoms with van der Waals surface area (Å²) in [5.41, 5.74) is 2.23. The highest BCUT2D eigenvalue weighted by Gasteiger charge is 2.40. The van der Waals surface area contributed by atoms with Crippen LogP contribution >= 0.6 is 0 Å². The molecule has 0 radical (unpaired) electrons. The molecule has 2 bridgehead atoms. The third kappa shape index (κ3) is 1.04. The Bertz CT molecular complexity index is 306. The number of hydrogen-bond donors (Lipinski definition) is 0. The van der Waals surface area contributed by atoms with Gasteiger partial charge in [-0.05, 0) is 31.6 Å². The molecule has 1 fully saturated rings. The Morgan fingerprint density at radius 1 is 1.23 bits per heavy atom. The van der Waals surface area contributed by atoms with Crippen molar-refractivity contribution in [2.24, 2.45) is 11.3 Å². The maximum Gasteiger partial charge on any atom is 0.0103 e. The van der Waals surface area contributed by atoms with E-state index in [4.69, 9.17) is 0 Å². The molecule has 2 atom stereocenters. The van der Waals surface area contributed by atoms with E-state index in [1.165, 1.54) is 32.1 Å². The fraction of sp³-hybridized carbons (Fsp3) is 0.538. The van der Waals surface area contributed by atoms with Crippen LogP contribution in [0.15, 0.2) is 36.0 Å². The molecule has 0 nitrogen and oxygen atoms in total. The second kappa shape index (κ2) is 2.60. The second-order valence-electron chi connectivity index (χ2n) is 4.67. The summed E-state index contributed by atoms with van der Waals surface area (Å²) in [6.07, 6.45) is 18.8. The first kappa shape index (κ1) is 7.61. The molecule has 0 aromatic rings. The van der Waals surface area contributed by atoms with Crippen molar-refractivity contribution in [2.45, 2.75) is 32.1 Å². The van der Waals surface area contributed by atoms with E-state index in [0.717, 1.165) is 5.92 Å². The molecule has 0 amide bonds. The Balaban J connectivity index is 2.06. The van der Waals surface area contributed by atoms with Crippen molar-refractivity contribution in [1.29, 1.82) is 0 Å². The lowest BCUT2D eigenvalue weighted by atomic mass is 9.71. The van der Waals surface area contributed by atoms with E-state index in [0.29, 0.717) is 5.41 Å². The van der Waals surface area contributed by atoms with Crippen LogP contribution in [0.1, 0.15) is 32.1 Å². The molecule has 3 aliphatic carbocycles. The molecule has 0 unspecified atom stereocenters. The number of allylic oxidation sites excluding steroid dienone is 6. The first-order valence-electron chi connectivity index (χ1n) is 5.46. The van der Waals surface area contributed by atoms with Gasteiger partial charge in [-0.25, -0.2) is 0 Å². The van der Waals surface area contributed by atoms with E-state index >= 15 is 0 Å². The number of fused-ring (bicyclic) bond motifs is 1. The van der Waals surface area contributed by atoms with Crippen LogP contribution in [0, 0.1) is 11.3 Å². The molecule has 0 heterocycles. The summed E-state index contributed by atoms with van der Waals surface area (Å²) in [5.74, 6) is 0.739. The summed E-state index contributed by atoms with van der Waals surface area (Å²) in [6.45, 7) is 0. The minimum Gasteiger partial charge on any atom is -0.0776 e. The molecule has 0 saturated heterocycles. The van der Waals surface area contributed by atoms with Gasteiger partial charge in [-0.2, -0.15) is 0 Å². The van der Waals surface area contributed by atoms with E-state index in [1.807, 2.05) is 0 Å². The standard InChI is InChI=1S/C13H16/c1-3-7-13-8-4-2-6-12(13)9-11(5-1)10-13/h1,3,5,7,9,11H,2,4,6,8,10H2/t11-,13+/m0/s1. The maximum absolute atomic E-state index is 2.53. The topological polar surface area (TPSA) is 0 Å². The van der Waals surface area contributed by atoms with Gasteiger partial charge >= 0.3 is 0 Å². The van der Waals surface area contributed by atoms with Crippen LogP contribution < -0.4 is 0 Å².